The molecule has 0 aliphatic heterocycles. The molecule has 3 unspecified atom stereocenters. The number of rotatable bonds is 5. The fourth-order valence-corrected chi connectivity index (χ4v) is 2.08. The van der Waals surface area contributed by atoms with E-state index in [0.29, 0.717) is 18.6 Å². The summed E-state index contributed by atoms with van der Waals surface area (Å²) in [6.07, 6.45) is 3.93. The highest BCUT2D eigenvalue weighted by Crippen LogP contribution is 2.30. The van der Waals surface area contributed by atoms with Gasteiger partial charge in [0, 0.05) is 0 Å². The van der Waals surface area contributed by atoms with E-state index in [4.69, 9.17) is 10.6 Å². The Morgan fingerprint density at radius 1 is 1.38 bits per heavy atom. The van der Waals surface area contributed by atoms with Gasteiger partial charge in [0.25, 0.3) is 0 Å². The van der Waals surface area contributed by atoms with Gasteiger partial charge in [0.1, 0.15) is 0 Å². The van der Waals surface area contributed by atoms with Crippen molar-refractivity contribution >= 4 is 5.97 Å². The number of nitrogens with two attached hydrogens (primary N) is 1. The fraction of sp³-hybridized carbons (Fsp3) is 0.909. The van der Waals surface area contributed by atoms with E-state index < -0.39 is 0 Å². The maximum Gasteiger partial charge on any atom is 0.328 e. The molecule has 0 aromatic carbocycles. The number of hydrazine groups is 1. The minimum atomic E-state index is -0.389. The molecule has 5 heteroatoms. The van der Waals surface area contributed by atoms with Crippen LogP contribution in [0.3, 0.4) is 0 Å². The van der Waals surface area contributed by atoms with E-state index >= 15 is 0 Å². The predicted molar refractivity (Wildman–Crippen MR) is 60.0 cm³/mol. The van der Waals surface area contributed by atoms with Crippen LogP contribution in [0.5, 0.6) is 0 Å². The molecule has 0 heterocycles. The number of hydrogen-bond acceptors (Lipinski definition) is 5. The van der Waals surface area contributed by atoms with Crippen LogP contribution in [0.1, 0.15) is 39.5 Å². The Labute approximate surface area is 96.6 Å². The molecule has 0 radical (unpaired) electrons. The van der Waals surface area contributed by atoms with Gasteiger partial charge in [0.2, 0.25) is 0 Å². The van der Waals surface area contributed by atoms with Crippen molar-refractivity contribution in [2.24, 2.45) is 17.7 Å². The van der Waals surface area contributed by atoms with Crippen molar-refractivity contribution in [1.82, 2.24) is 5.59 Å². The first-order valence-corrected chi connectivity index (χ1v) is 5.90. The monoisotopic (exact) mass is 230 g/mol. The zero-order chi connectivity index (χ0) is 12.0. The van der Waals surface area contributed by atoms with Crippen LogP contribution in [0.25, 0.3) is 0 Å². The summed E-state index contributed by atoms with van der Waals surface area (Å²) < 4.78 is 5.65. The number of nitrogens with one attached hydrogen (secondary N) is 1. The number of hydrogen-bond donors (Lipinski definition) is 2. The minimum Gasteiger partial charge on any atom is -0.378 e. The smallest absolute Gasteiger partial charge is 0.328 e. The van der Waals surface area contributed by atoms with Crippen LogP contribution in [-0.4, -0.2) is 18.7 Å². The summed E-state index contributed by atoms with van der Waals surface area (Å²) in [5.74, 6) is 5.94. The molecule has 94 valence electrons. The Morgan fingerprint density at radius 3 is 2.75 bits per heavy atom. The highest BCUT2D eigenvalue weighted by atomic mass is 16.7. The van der Waals surface area contributed by atoms with E-state index in [1.54, 1.807) is 0 Å². The molecule has 1 aliphatic rings. The fourth-order valence-electron chi connectivity index (χ4n) is 2.08. The van der Waals surface area contributed by atoms with E-state index in [-0.39, 0.29) is 12.4 Å². The molecule has 5 nitrogen and oxygen atoms in total. The lowest BCUT2D eigenvalue weighted by Gasteiger charge is -2.31. The molecular formula is C11H22N2O3. The normalized spacial score (nSPS) is 30.1. The third kappa shape index (κ3) is 4.47. The number of carbonyl (C=O) groups excluding carboxylic acids is 1. The zero-order valence-electron chi connectivity index (χ0n) is 10.1. The van der Waals surface area contributed by atoms with Crippen molar-refractivity contribution in [3.05, 3.63) is 0 Å². The predicted octanol–water partition coefficient (Wildman–Crippen LogP) is 1.14. The number of carbonyl (C=O) groups is 1. The first-order valence-electron chi connectivity index (χ1n) is 5.90. The summed E-state index contributed by atoms with van der Waals surface area (Å²) in [5, 5.41) is 0. The Bertz CT molecular complexity index is 223. The summed E-state index contributed by atoms with van der Waals surface area (Å²) in [5.41, 5.74) is 1.86. The summed E-state index contributed by atoms with van der Waals surface area (Å²) in [4.78, 5) is 15.3. The van der Waals surface area contributed by atoms with E-state index in [1.807, 2.05) is 5.59 Å². The molecule has 3 atom stereocenters. The zero-order valence-corrected chi connectivity index (χ0v) is 10.1. The SMILES string of the molecule is CC1CCC(OCCC(=O)ONN)CC1C. The summed E-state index contributed by atoms with van der Waals surface area (Å²) in [6, 6.07) is 0. The van der Waals surface area contributed by atoms with Crippen molar-refractivity contribution in [3.8, 4) is 0 Å². The Morgan fingerprint density at radius 2 is 2.12 bits per heavy atom. The van der Waals surface area contributed by atoms with Crippen molar-refractivity contribution in [2.75, 3.05) is 6.61 Å². The van der Waals surface area contributed by atoms with Gasteiger partial charge in [-0.1, -0.05) is 19.4 Å². The molecule has 1 rings (SSSR count). The Kier molecular flexibility index (Phi) is 5.73. The molecule has 0 saturated heterocycles. The summed E-state index contributed by atoms with van der Waals surface area (Å²) in [7, 11) is 0. The van der Waals surface area contributed by atoms with Gasteiger partial charge < -0.3 is 9.57 Å². The summed E-state index contributed by atoms with van der Waals surface area (Å²) in [6.45, 7) is 4.95. The highest BCUT2D eigenvalue weighted by molar-refractivity contribution is 5.69. The van der Waals surface area contributed by atoms with Gasteiger partial charge in [-0.2, -0.15) is 0 Å². The van der Waals surface area contributed by atoms with Crippen LogP contribution in [0.4, 0.5) is 0 Å². The maximum atomic E-state index is 11.0. The molecule has 0 aromatic heterocycles. The van der Waals surface area contributed by atoms with Crippen LogP contribution in [-0.2, 0) is 14.4 Å². The van der Waals surface area contributed by atoms with Crippen LogP contribution in [0.2, 0.25) is 0 Å². The molecule has 0 bridgehead atoms. The van der Waals surface area contributed by atoms with Gasteiger partial charge >= 0.3 is 5.97 Å². The first-order chi connectivity index (χ1) is 7.63. The van der Waals surface area contributed by atoms with Crippen LogP contribution >= 0.6 is 0 Å². The molecule has 0 amide bonds. The molecule has 1 aliphatic carbocycles. The molecule has 3 N–H and O–H groups in total. The Hall–Kier alpha value is -0.650. The van der Waals surface area contributed by atoms with Gasteiger partial charge in [-0.25, -0.2) is 5.84 Å². The molecule has 16 heavy (non-hydrogen) atoms. The second-order valence-electron chi connectivity index (χ2n) is 4.60. The largest absolute Gasteiger partial charge is 0.378 e. The second kappa shape index (κ2) is 6.83. The van der Waals surface area contributed by atoms with Gasteiger partial charge in [0.05, 0.1) is 19.1 Å². The third-order valence-corrected chi connectivity index (χ3v) is 3.38. The van der Waals surface area contributed by atoms with Crippen molar-refractivity contribution in [1.29, 1.82) is 0 Å². The van der Waals surface area contributed by atoms with E-state index in [1.165, 1.54) is 6.42 Å². The van der Waals surface area contributed by atoms with Gasteiger partial charge in [0.15, 0.2) is 0 Å². The van der Waals surface area contributed by atoms with Crippen molar-refractivity contribution in [2.45, 2.75) is 45.6 Å². The standard InChI is InChI=1S/C11H22N2O3/c1-8-3-4-10(7-9(8)2)15-6-5-11(14)16-13-12/h8-10,13H,3-7,12H2,1-2H3. The van der Waals surface area contributed by atoms with Crippen molar-refractivity contribution < 1.29 is 14.4 Å². The van der Waals surface area contributed by atoms with E-state index in [0.717, 1.165) is 18.8 Å². The minimum absolute atomic E-state index is 0.241. The molecule has 1 saturated carbocycles. The van der Waals surface area contributed by atoms with E-state index in [9.17, 15) is 4.79 Å². The maximum absolute atomic E-state index is 11.0. The quantitative estimate of drug-likeness (QED) is 0.547. The Balaban J connectivity index is 2.12. The van der Waals surface area contributed by atoms with Gasteiger partial charge in [-0.3, -0.25) is 4.79 Å². The van der Waals surface area contributed by atoms with Gasteiger partial charge in [-0.05, 0) is 31.1 Å². The topological polar surface area (TPSA) is 73.6 Å². The van der Waals surface area contributed by atoms with Crippen molar-refractivity contribution in [3.63, 3.8) is 0 Å². The molecule has 0 spiro atoms. The van der Waals surface area contributed by atoms with Crippen LogP contribution < -0.4 is 11.4 Å². The lowest BCUT2D eigenvalue weighted by Crippen LogP contribution is -2.29. The second-order valence-corrected chi connectivity index (χ2v) is 4.60. The molecular weight excluding hydrogens is 208 g/mol. The lowest BCUT2D eigenvalue weighted by molar-refractivity contribution is -0.153. The average molecular weight is 230 g/mol. The summed E-state index contributed by atoms with van der Waals surface area (Å²) >= 11 is 0. The van der Waals surface area contributed by atoms with Gasteiger partial charge in [-0.15, -0.1) is 0 Å². The third-order valence-electron chi connectivity index (χ3n) is 3.38. The lowest BCUT2D eigenvalue weighted by atomic mass is 9.80. The van der Waals surface area contributed by atoms with Crippen LogP contribution in [0.15, 0.2) is 0 Å². The van der Waals surface area contributed by atoms with E-state index in [2.05, 4.69) is 18.7 Å². The first kappa shape index (κ1) is 13.4. The molecule has 1 fully saturated rings. The molecule has 0 aromatic rings. The number of ether oxygens (including phenoxy) is 1. The van der Waals surface area contributed by atoms with Crippen LogP contribution in [0, 0.1) is 11.8 Å². The average Bonchev–Trinajstić information content (AvgIpc) is 2.24. The highest BCUT2D eigenvalue weighted by Gasteiger charge is 2.24.